The number of rotatable bonds is 6. The highest BCUT2D eigenvalue weighted by Gasteiger charge is 2.13. The van der Waals surface area contributed by atoms with E-state index in [-0.39, 0.29) is 11.9 Å². The van der Waals surface area contributed by atoms with Crippen LogP contribution in [-0.4, -0.2) is 5.97 Å². The molecule has 2 heteroatoms. The normalized spacial score (nSPS) is 12.6. The Bertz CT molecular complexity index is 354. The summed E-state index contributed by atoms with van der Waals surface area (Å²) in [6.45, 7) is 4.27. The van der Waals surface area contributed by atoms with Crippen LogP contribution in [0.5, 0.6) is 0 Å². The first-order valence-electron chi connectivity index (χ1n) is 6.05. The van der Waals surface area contributed by atoms with Crippen LogP contribution in [0.25, 0.3) is 0 Å². The van der Waals surface area contributed by atoms with Crippen molar-refractivity contribution in [1.82, 2.24) is 0 Å². The fourth-order valence-corrected chi connectivity index (χ4v) is 1.50. The number of hydrogen-bond acceptors (Lipinski definition) is 2. The molecule has 17 heavy (non-hydrogen) atoms. The molecular formula is C15H20O2. The molecule has 0 N–H and O–H groups in total. The third kappa shape index (κ3) is 5.34. The molecule has 92 valence electrons. The van der Waals surface area contributed by atoms with E-state index in [1.165, 1.54) is 0 Å². The Kier molecular flexibility index (Phi) is 6.08. The van der Waals surface area contributed by atoms with Gasteiger partial charge in [0, 0.05) is 0 Å². The van der Waals surface area contributed by atoms with E-state index in [2.05, 4.69) is 6.08 Å². The second kappa shape index (κ2) is 7.66. The molecule has 0 aromatic heterocycles. The van der Waals surface area contributed by atoms with E-state index in [1.54, 1.807) is 0 Å². The lowest BCUT2D eigenvalue weighted by atomic mass is 10.1. The van der Waals surface area contributed by atoms with Gasteiger partial charge in [-0.15, -0.1) is 0 Å². The summed E-state index contributed by atoms with van der Waals surface area (Å²) in [7, 11) is 0. The highest BCUT2D eigenvalue weighted by Crippen LogP contribution is 2.10. The van der Waals surface area contributed by atoms with Crippen molar-refractivity contribution in [3.8, 4) is 0 Å². The van der Waals surface area contributed by atoms with Crippen LogP contribution >= 0.6 is 0 Å². The number of hydrogen-bond donors (Lipinski definition) is 0. The lowest BCUT2D eigenvalue weighted by Gasteiger charge is -2.10. The maximum absolute atomic E-state index is 11.7. The number of allylic oxidation sites excluding steroid dienone is 2. The maximum atomic E-state index is 11.7. The molecule has 0 heterocycles. The standard InChI is InChI=1S/C15H20O2/c1-3-4-6-9-13(2)15(16)17-12-14-10-7-5-8-11-14/h3-5,7-8,10-11,13H,6,9,12H2,1-2H3. The van der Waals surface area contributed by atoms with Crippen LogP contribution in [0.15, 0.2) is 42.5 Å². The number of esters is 1. The Balaban J connectivity index is 2.29. The predicted octanol–water partition coefficient (Wildman–Crippen LogP) is 3.72. The van der Waals surface area contributed by atoms with Gasteiger partial charge in [-0.25, -0.2) is 0 Å². The summed E-state index contributed by atoms with van der Waals surface area (Å²) in [6.07, 6.45) is 5.85. The molecule has 2 nitrogen and oxygen atoms in total. The Morgan fingerprint density at radius 1 is 1.35 bits per heavy atom. The molecule has 0 radical (unpaired) electrons. The summed E-state index contributed by atoms with van der Waals surface area (Å²) in [6, 6.07) is 9.75. The van der Waals surface area contributed by atoms with Crippen molar-refractivity contribution in [2.45, 2.75) is 33.3 Å². The molecule has 0 aliphatic heterocycles. The van der Waals surface area contributed by atoms with Crippen LogP contribution in [0.1, 0.15) is 32.3 Å². The van der Waals surface area contributed by atoms with Gasteiger partial charge >= 0.3 is 5.97 Å². The van der Waals surface area contributed by atoms with Crippen molar-refractivity contribution >= 4 is 5.97 Å². The molecule has 0 amide bonds. The van der Waals surface area contributed by atoms with Gasteiger partial charge < -0.3 is 4.74 Å². The van der Waals surface area contributed by atoms with Crippen molar-refractivity contribution in [2.75, 3.05) is 0 Å². The van der Waals surface area contributed by atoms with Gasteiger partial charge in [-0.1, -0.05) is 49.4 Å². The lowest BCUT2D eigenvalue weighted by molar-refractivity contribution is -0.149. The Hall–Kier alpha value is -1.57. The fraction of sp³-hybridized carbons (Fsp3) is 0.400. The summed E-state index contributed by atoms with van der Waals surface area (Å²) in [5, 5.41) is 0. The minimum absolute atomic E-state index is 0.0325. The summed E-state index contributed by atoms with van der Waals surface area (Å²) < 4.78 is 5.26. The monoisotopic (exact) mass is 232 g/mol. The number of ether oxygens (including phenoxy) is 1. The van der Waals surface area contributed by atoms with Crippen molar-refractivity contribution in [3.05, 3.63) is 48.0 Å². The van der Waals surface area contributed by atoms with Crippen LogP contribution in [0.4, 0.5) is 0 Å². The number of benzene rings is 1. The summed E-state index contributed by atoms with van der Waals surface area (Å²) in [4.78, 5) is 11.7. The van der Waals surface area contributed by atoms with Crippen LogP contribution in [-0.2, 0) is 16.1 Å². The van der Waals surface area contributed by atoms with Crippen molar-refractivity contribution in [2.24, 2.45) is 5.92 Å². The molecule has 0 aliphatic carbocycles. The Morgan fingerprint density at radius 2 is 2.06 bits per heavy atom. The second-order valence-corrected chi connectivity index (χ2v) is 4.14. The third-order valence-electron chi connectivity index (χ3n) is 2.63. The van der Waals surface area contributed by atoms with E-state index in [0.29, 0.717) is 6.61 Å². The van der Waals surface area contributed by atoms with Gasteiger partial charge in [0.15, 0.2) is 0 Å². The molecule has 1 aromatic carbocycles. The van der Waals surface area contributed by atoms with Gasteiger partial charge in [0.25, 0.3) is 0 Å². The van der Waals surface area contributed by atoms with Gasteiger partial charge in [-0.2, -0.15) is 0 Å². The van der Waals surface area contributed by atoms with Gasteiger partial charge in [-0.05, 0) is 25.3 Å². The van der Waals surface area contributed by atoms with Crippen molar-refractivity contribution in [1.29, 1.82) is 0 Å². The Morgan fingerprint density at radius 3 is 2.71 bits per heavy atom. The van der Waals surface area contributed by atoms with Gasteiger partial charge in [0.2, 0.25) is 0 Å². The van der Waals surface area contributed by atoms with E-state index in [1.807, 2.05) is 50.3 Å². The maximum Gasteiger partial charge on any atom is 0.308 e. The molecule has 0 bridgehead atoms. The van der Waals surface area contributed by atoms with Gasteiger partial charge in [0.05, 0.1) is 5.92 Å². The molecule has 0 aliphatic rings. The first kappa shape index (κ1) is 13.5. The third-order valence-corrected chi connectivity index (χ3v) is 2.63. The van der Waals surface area contributed by atoms with Crippen LogP contribution in [0.2, 0.25) is 0 Å². The quantitative estimate of drug-likeness (QED) is 0.552. The second-order valence-electron chi connectivity index (χ2n) is 4.14. The fourth-order valence-electron chi connectivity index (χ4n) is 1.50. The number of carbonyl (C=O) groups excluding carboxylic acids is 1. The van der Waals surface area contributed by atoms with Crippen molar-refractivity contribution in [3.63, 3.8) is 0 Å². The van der Waals surface area contributed by atoms with Crippen LogP contribution in [0, 0.1) is 5.92 Å². The summed E-state index contributed by atoms with van der Waals surface area (Å²) >= 11 is 0. The van der Waals surface area contributed by atoms with E-state index >= 15 is 0 Å². The topological polar surface area (TPSA) is 26.3 Å². The first-order chi connectivity index (χ1) is 8.24. The van der Waals surface area contributed by atoms with Gasteiger partial charge in [-0.3, -0.25) is 4.79 Å². The zero-order valence-corrected chi connectivity index (χ0v) is 10.6. The van der Waals surface area contributed by atoms with E-state index in [0.717, 1.165) is 18.4 Å². The molecule has 1 rings (SSSR count). The highest BCUT2D eigenvalue weighted by molar-refractivity contribution is 5.71. The summed E-state index contributed by atoms with van der Waals surface area (Å²) in [5.74, 6) is -0.145. The molecular weight excluding hydrogens is 212 g/mol. The molecule has 0 saturated carbocycles. The molecule has 1 atom stereocenters. The minimum atomic E-state index is -0.113. The molecule has 0 saturated heterocycles. The smallest absolute Gasteiger partial charge is 0.308 e. The minimum Gasteiger partial charge on any atom is -0.461 e. The van der Waals surface area contributed by atoms with E-state index < -0.39 is 0 Å². The zero-order valence-electron chi connectivity index (χ0n) is 10.6. The van der Waals surface area contributed by atoms with Crippen LogP contribution < -0.4 is 0 Å². The first-order valence-corrected chi connectivity index (χ1v) is 6.05. The van der Waals surface area contributed by atoms with Gasteiger partial charge in [0.1, 0.15) is 6.61 Å². The summed E-state index contributed by atoms with van der Waals surface area (Å²) in [5.41, 5.74) is 1.03. The number of carbonyl (C=O) groups is 1. The largest absolute Gasteiger partial charge is 0.461 e. The van der Waals surface area contributed by atoms with Crippen molar-refractivity contribution < 1.29 is 9.53 Å². The van der Waals surface area contributed by atoms with E-state index in [4.69, 9.17) is 4.74 Å². The van der Waals surface area contributed by atoms with E-state index in [9.17, 15) is 4.79 Å². The zero-order chi connectivity index (χ0) is 12.5. The lowest BCUT2D eigenvalue weighted by Crippen LogP contribution is -2.14. The predicted molar refractivity (Wildman–Crippen MR) is 69.5 cm³/mol. The molecule has 1 aromatic rings. The molecule has 1 unspecified atom stereocenters. The average Bonchev–Trinajstić information content (AvgIpc) is 2.37. The highest BCUT2D eigenvalue weighted by atomic mass is 16.5. The SMILES string of the molecule is CC=CCCC(C)C(=O)OCc1ccccc1. The molecule has 0 spiro atoms. The Labute approximate surface area is 103 Å². The van der Waals surface area contributed by atoms with Crippen LogP contribution in [0.3, 0.4) is 0 Å². The average molecular weight is 232 g/mol. The molecule has 0 fully saturated rings.